The summed E-state index contributed by atoms with van der Waals surface area (Å²) in [6, 6.07) is 7.97. The summed E-state index contributed by atoms with van der Waals surface area (Å²) in [5, 5.41) is 11.6. The Labute approximate surface area is 176 Å². The van der Waals surface area contributed by atoms with Crippen molar-refractivity contribution in [1.82, 2.24) is 14.8 Å². The summed E-state index contributed by atoms with van der Waals surface area (Å²) in [5.74, 6) is 0.800. The van der Waals surface area contributed by atoms with Gasteiger partial charge in [-0.3, -0.25) is 9.69 Å². The SMILES string of the molecule is COc1ccc(CN(C)CC2(O)CCCN(C(=O)c3sc(N)nc3C)CC2)cc1. The molecule has 7 nitrogen and oxygen atoms in total. The Balaban J connectivity index is 1.58. The summed E-state index contributed by atoms with van der Waals surface area (Å²) in [5.41, 5.74) is 6.78. The number of ether oxygens (including phenoxy) is 1. The number of aryl methyl sites for hydroxylation is 1. The minimum atomic E-state index is -0.808. The van der Waals surface area contributed by atoms with E-state index < -0.39 is 5.60 Å². The van der Waals surface area contributed by atoms with Gasteiger partial charge in [0.05, 0.1) is 18.4 Å². The van der Waals surface area contributed by atoms with Crippen molar-refractivity contribution in [2.45, 2.75) is 38.3 Å². The fraction of sp³-hybridized carbons (Fsp3) is 0.524. The number of nitrogen functional groups attached to an aromatic ring is 1. The molecule has 1 amide bonds. The van der Waals surface area contributed by atoms with Crippen LogP contribution in [0.5, 0.6) is 5.75 Å². The molecule has 1 atom stereocenters. The van der Waals surface area contributed by atoms with Crippen LogP contribution < -0.4 is 10.5 Å². The highest BCUT2D eigenvalue weighted by molar-refractivity contribution is 7.17. The molecule has 1 unspecified atom stereocenters. The number of nitrogens with two attached hydrogens (primary N) is 1. The van der Waals surface area contributed by atoms with Gasteiger partial charge in [-0.05, 0) is 50.9 Å². The van der Waals surface area contributed by atoms with Crippen LogP contribution in [0.15, 0.2) is 24.3 Å². The number of thiazole rings is 1. The molecule has 3 N–H and O–H groups in total. The highest BCUT2D eigenvalue weighted by atomic mass is 32.1. The third-order valence-corrected chi connectivity index (χ3v) is 6.36. The van der Waals surface area contributed by atoms with Crippen molar-refractivity contribution in [2.75, 3.05) is 39.5 Å². The zero-order valence-corrected chi connectivity index (χ0v) is 18.2. The number of nitrogens with zero attached hydrogens (tertiary/aromatic N) is 3. The van der Waals surface area contributed by atoms with Crippen molar-refractivity contribution in [3.05, 3.63) is 40.4 Å². The van der Waals surface area contributed by atoms with E-state index in [1.165, 1.54) is 16.9 Å². The van der Waals surface area contributed by atoms with Crippen molar-refractivity contribution in [2.24, 2.45) is 0 Å². The smallest absolute Gasteiger partial charge is 0.265 e. The average Bonchev–Trinajstić information content (AvgIpc) is 2.90. The van der Waals surface area contributed by atoms with E-state index in [0.29, 0.717) is 48.2 Å². The van der Waals surface area contributed by atoms with Gasteiger partial charge in [-0.15, -0.1) is 0 Å². The summed E-state index contributed by atoms with van der Waals surface area (Å²) in [6.07, 6.45) is 2.00. The van der Waals surface area contributed by atoms with Crippen LogP contribution in [0.2, 0.25) is 0 Å². The van der Waals surface area contributed by atoms with Gasteiger partial charge >= 0.3 is 0 Å². The lowest BCUT2D eigenvalue weighted by atomic mass is 9.94. The molecule has 0 aliphatic carbocycles. The van der Waals surface area contributed by atoms with Crippen LogP contribution in [0.3, 0.4) is 0 Å². The van der Waals surface area contributed by atoms with Crippen LogP contribution in [-0.4, -0.2) is 65.2 Å². The van der Waals surface area contributed by atoms with E-state index in [1.807, 2.05) is 43.1 Å². The summed E-state index contributed by atoms with van der Waals surface area (Å²) in [7, 11) is 3.67. The van der Waals surface area contributed by atoms with Crippen molar-refractivity contribution in [3.63, 3.8) is 0 Å². The molecule has 1 aliphatic heterocycles. The number of carbonyl (C=O) groups excluding carboxylic acids is 1. The van der Waals surface area contributed by atoms with E-state index in [-0.39, 0.29) is 5.91 Å². The minimum absolute atomic E-state index is 0.0347. The Hall–Kier alpha value is -2.16. The predicted octanol–water partition coefficient (Wildman–Crippen LogP) is 2.53. The van der Waals surface area contributed by atoms with E-state index in [9.17, 15) is 9.90 Å². The maximum atomic E-state index is 12.9. The molecule has 1 aliphatic rings. The maximum absolute atomic E-state index is 12.9. The van der Waals surface area contributed by atoms with E-state index in [4.69, 9.17) is 10.5 Å². The van der Waals surface area contributed by atoms with E-state index >= 15 is 0 Å². The highest BCUT2D eigenvalue weighted by Crippen LogP contribution is 2.27. The first-order valence-corrected chi connectivity index (χ1v) is 10.7. The van der Waals surface area contributed by atoms with E-state index in [1.54, 1.807) is 7.11 Å². The molecule has 2 heterocycles. The summed E-state index contributed by atoms with van der Waals surface area (Å²) >= 11 is 1.23. The first-order chi connectivity index (χ1) is 13.8. The monoisotopic (exact) mass is 418 g/mol. The Bertz CT molecular complexity index is 839. The number of methoxy groups -OCH3 is 1. The number of anilines is 1. The van der Waals surface area contributed by atoms with Gasteiger partial charge in [0, 0.05) is 26.2 Å². The third kappa shape index (κ3) is 5.46. The number of carbonyl (C=O) groups is 1. The van der Waals surface area contributed by atoms with Gasteiger partial charge in [-0.2, -0.15) is 0 Å². The van der Waals surface area contributed by atoms with Gasteiger partial charge in [0.25, 0.3) is 5.91 Å². The van der Waals surface area contributed by atoms with Gasteiger partial charge in [0.2, 0.25) is 0 Å². The molecule has 0 bridgehead atoms. The standard InChI is InChI=1S/C21H30N4O3S/c1-15-18(29-20(22)23-15)19(26)25-11-4-9-21(27,10-12-25)14-24(2)13-16-5-7-17(28-3)8-6-16/h5-8,27H,4,9-14H2,1-3H3,(H2,22,23). The predicted molar refractivity (Wildman–Crippen MR) is 115 cm³/mol. The van der Waals surface area contributed by atoms with E-state index in [2.05, 4.69) is 9.88 Å². The maximum Gasteiger partial charge on any atom is 0.265 e. The number of aromatic nitrogens is 1. The first-order valence-electron chi connectivity index (χ1n) is 9.86. The van der Waals surface area contributed by atoms with Crippen LogP contribution in [0.25, 0.3) is 0 Å². The van der Waals surface area contributed by atoms with Crippen LogP contribution in [0.1, 0.15) is 40.2 Å². The topological polar surface area (TPSA) is 91.9 Å². The van der Waals surface area contributed by atoms with E-state index in [0.717, 1.165) is 18.7 Å². The van der Waals surface area contributed by atoms with Crippen molar-refractivity contribution < 1.29 is 14.6 Å². The van der Waals surface area contributed by atoms with Gasteiger partial charge in [-0.1, -0.05) is 23.5 Å². The molecular formula is C21H30N4O3S. The molecule has 2 aromatic rings. The Kier molecular flexibility index (Phi) is 6.77. The lowest BCUT2D eigenvalue weighted by Crippen LogP contribution is -2.42. The van der Waals surface area contributed by atoms with Gasteiger partial charge in [0.15, 0.2) is 5.13 Å². The molecule has 1 aromatic heterocycles. The minimum Gasteiger partial charge on any atom is -0.497 e. The molecule has 1 fully saturated rings. The molecule has 158 valence electrons. The quantitative estimate of drug-likeness (QED) is 0.749. The van der Waals surface area contributed by atoms with Gasteiger partial charge in [-0.25, -0.2) is 4.98 Å². The Morgan fingerprint density at radius 2 is 2.07 bits per heavy atom. The summed E-state index contributed by atoms with van der Waals surface area (Å²) in [6.45, 7) is 4.29. The normalized spacial score (nSPS) is 20.0. The zero-order chi connectivity index (χ0) is 21.0. The number of likely N-dealkylation sites (N-methyl/N-ethyl adjacent to an activating group) is 1. The van der Waals surface area contributed by atoms with Gasteiger partial charge < -0.3 is 20.5 Å². The molecule has 1 aromatic carbocycles. The number of likely N-dealkylation sites (tertiary alicyclic amines) is 1. The Morgan fingerprint density at radius 3 is 2.69 bits per heavy atom. The first kappa shape index (κ1) is 21.5. The van der Waals surface area contributed by atoms with Gasteiger partial charge in [0.1, 0.15) is 10.6 Å². The van der Waals surface area contributed by atoms with Crippen LogP contribution >= 0.6 is 11.3 Å². The number of hydrogen-bond acceptors (Lipinski definition) is 7. The summed E-state index contributed by atoms with van der Waals surface area (Å²) in [4.78, 5) is 21.6. The van der Waals surface area contributed by atoms with Crippen LogP contribution in [0.4, 0.5) is 5.13 Å². The van der Waals surface area contributed by atoms with Crippen molar-refractivity contribution in [3.8, 4) is 5.75 Å². The van der Waals surface area contributed by atoms with Crippen molar-refractivity contribution in [1.29, 1.82) is 0 Å². The molecule has 0 saturated carbocycles. The number of amides is 1. The molecule has 1 saturated heterocycles. The number of rotatable bonds is 6. The van der Waals surface area contributed by atoms with Crippen LogP contribution in [0, 0.1) is 6.92 Å². The molecule has 0 spiro atoms. The average molecular weight is 419 g/mol. The van der Waals surface area contributed by atoms with Crippen molar-refractivity contribution >= 4 is 22.4 Å². The second kappa shape index (κ2) is 9.11. The lowest BCUT2D eigenvalue weighted by Gasteiger charge is -2.31. The molecular weight excluding hydrogens is 388 g/mol. The highest BCUT2D eigenvalue weighted by Gasteiger charge is 2.33. The number of hydrogen-bond donors (Lipinski definition) is 2. The largest absolute Gasteiger partial charge is 0.497 e. The Morgan fingerprint density at radius 1 is 1.34 bits per heavy atom. The fourth-order valence-electron chi connectivity index (χ4n) is 3.90. The van der Waals surface area contributed by atoms with Crippen LogP contribution in [-0.2, 0) is 6.54 Å². The number of aliphatic hydroxyl groups is 1. The molecule has 0 radical (unpaired) electrons. The molecule has 3 rings (SSSR count). The molecule has 29 heavy (non-hydrogen) atoms. The fourth-order valence-corrected chi connectivity index (χ4v) is 4.70. The lowest BCUT2D eigenvalue weighted by molar-refractivity contribution is -0.00399. The molecule has 8 heteroatoms. The summed E-state index contributed by atoms with van der Waals surface area (Å²) < 4.78 is 5.20. The second-order valence-electron chi connectivity index (χ2n) is 7.86. The second-order valence-corrected chi connectivity index (χ2v) is 8.89. The zero-order valence-electron chi connectivity index (χ0n) is 17.4. The third-order valence-electron chi connectivity index (χ3n) is 5.39. The number of benzene rings is 1.